The first-order valence-electron chi connectivity index (χ1n) is 12.2. The molecule has 4 heterocycles. The molecule has 0 aliphatic carbocycles. The number of oxazole rings is 1. The monoisotopic (exact) mass is 516 g/mol. The molecule has 12 heteroatoms. The first-order valence-corrected chi connectivity index (χ1v) is 13.0. The van der Waals surface area contributed by atoms with Gasteiger partial charge in [0.2, 0.25) is 17.7 Å². The van der Waals surface area contributed by atoms with Crippen molar-refractivity contribution in [2.24, 2.45) is 16.8 Å². The number of fused-ring (bicyclic) bond motifs is 5. The van der Waals surface area contributed by atoms with Crippen LogP contribution in [0.5, 0.6) is 0 Å². The van der Waals surface area contributed by atoms with Crippen LogP contribution in [-0.2, 0) is 9.53 Å². The van der Waals surface area contributed by atoms with Crippen LogP contribution in [0.3, 0.4) is 0 Å². The van der Waals surface area contributed by atoms with Crippen LogP contribution in [0.4, 0.5) is 0 Å². The predicted molar refractivity (Wildman–Crippen MR) is 133 cm³/mol. The van der Waals surface area contributed by atoms with Crippen molar-refractivity contribution in [2.75, 3.05) is 0 Å². The quantitative estimate of drug-likeness (QED) is 0.568. The number of amides is 3. The Labute approximate surface area is 213 Å². The normalized spacial score (nSPS) is 27.8. The Balaban J connectivity index is 1.74. The largest absolute Gasteiger partial charge is 0.474 e. The van der Waals surface area contributed by atoms with Gasteiger partial charge < -0.3 is 25.1 Å². The molecule has 0 spiro atoms. The van der Waals surface area contributed by atoms with Crippen molar-refractivity contribution >= 4 is 35.0 Å². The van der Waals surface area contributed by atoms with Gasteiger partial charge in [0.15, 0.2) is 11.7 Å². The van der Waals surface area contributed by atoms with Crippen molar-refractivity contribution in [2.45, 2.75) is 78.2 Å². The van der Waals surface area contributed by atoms with Gasteiger partial charge in [0, 0.05) is 5.38 Å². The number of nitrogens with zero attached hydrogens (tertiary/aromatic N) is 3. The van der Waals surface area contributed by atoms with E-state index >= 15 is 0 Å². The van der Waals surface area contributed by atoms with E-state index < -0.39 is 42.1 Å². The number of aliphatic imine (C=N–C) groups is 1. The zero-order chi connectivity index (χ0) is 26.1. The Kier molecular flexibility index (Phi) is 7.43. The third-order valence-corrected chi connectivity index (χ3v) is 7.44. The molecule has 11 nitrogen and oxygen atoms in total. The fraction of sp³-hybridized carbons (Fsp3) is 0.583. The fourth-order valence-electron chi connectivity index (χ4n) is 4.07. The summed E-state index contributed by atoms with van der Waals surface area (Å²) < 4.78 is 11.5. The Morgan fingerprint density at radius 2 is 1.72 bits per heavy atom. The van der Waals surface area contributed by atoms with Crippen LogP contribution in [0, 0.1) is 11.8 Å². The van der Waals surface area contributed by atoms with Gasteiger partial charge in [-0.1, -0.05) is 34.1 Å². The molecule has 6 atom stereocenters. The first-order chi connectivity index (χ1) is 17.1. The van der Waals surface area contributed by atoms with Crippen molar-refractivity contribution in [1.82, 2.24) is 25.9 Å². The second-order valence-electron chi connectivity index (χ2n) is 9.64. The van der Waals surface area contributed by atoms with Gasteiger partial charge in [0.1, 0.15) is 35.2 Å². The summed E-state index contributed by atoms with van der Waals surface area (Å²) in [6.07, 6.45) is 1.54. The summed E-state index contributed by atoms with van der Waals surface area (Å²) in [5.74, 6) is -0.694. The van der Waals surface area contributed by atoms with E-state index in [4.69, 9.17) is 9.15 Å². The smallest absolute Gasteiger partial charge is 0.273 e. The number of aromatic nitrogens is 2. The number of ether oxygens (including phenoxy) is 1. The molecule has 4 rings (SSSR count). The van der Waals surface area contributed by atoms with Crippen molar-refractivity contribution < 1.29 is 23.5 Å². The summed E-state index contributed by atoms with van der Waals surface area (Å²) in [6, 6.07) is -2.37. The van der Waals surface area contributed by atoms with E-state index in [1.54, 1.807) is 19.2 Å². The van der Waals surface area contributed by atoms with Gasteiger partial charge in [-0.05, 0) is 25.7 Å². The van der Waals surface area contributed by atoms with E-state index in [0.717, 1.165) is 6.42 Å². The average molecular weight is 517 g/mol. The van der Waals surface area contributed by atoms with E-state index in [-0.39, 0.29) is 40.9 Å². The summed E-state index contributed by atoms with van der Waals surface area (Å²) >= 11 is 1.30. The molecule has 0 aromatic carbocycles. The Hall–Kier alpha value is -3.28. The topological polar surface area (TPSA) is 148 Å². The van der Waals surface area contributed by atoms with Crippen LogP contribution in [0.15, 0.2) is 21.1 Å². The number of nitrogens with one attached hydrogen (secondary N) is 3. The van der Waals surface area contributed by atoms with Crippen molar-refractivity contribution in [3.8, 4) is 0 Å². The maximum absolute atomic E-state index is 13.1. The molecule has 6 bridgehead atoms. The van der Waals surface area contributed by atoms with Gasteiger partial charge in [-0.3, -0.25) is 14.4 Å². The first kappa shape index (κ1) is 25.8. The standard InChI is InChI=1S/C24H32N6O5S/c1-7-11(4)17-24-27-15(9-36-24)20(32)25-12(5)22-30-18(13(6)35-22)21(33)28-16(10(2)3)23-26-14(8-34-23)19(31)29-17/h8-13,16-18H,7H2,1-6H3,(H,25,32)(H,28,33)(H,29,31)/t11-,12-,13+,16+,17+,18-/m0/s1. The molecule has 0 saturated carbocycles. The zero-order valence-electron chi connectivity index (χ0n) is 21.2. The van der Waals surface area contributed by atoms with E-state index in [2.05, 4.69) is 30.9 Å². The van der Waals surface area contributed by atoms with Crippen LogP contribution in [-0.4, -0.2) is 51.8 Å². The molecule has 2 aliphatic rings. The number of rotatable bonds is 3. The lowest BCUT2D eigenvalue weighted by Gasteiger charge is -2.22. The third-order valence-electron chi connectivity index (χ3n) is 6.51. The van der Waals surface area contributed by atoms with Crippen LogP contribution in [0.25, 0.3) is 0 Å². The number of carbonyl (C=O) groups is 3. The molecular formula is C24H32N6O5S. The summed E-state index contributed by atoms with van der Waals surface area (Å²) in [7, 11) is 0. The molecule has 0 saturated heterocycles. The fourth-order valence-corrected chi connectivity index (χ4v) is 5.05. The third kappa shape index (κ3) is 5.13. The molecule has 2 aromatic heterocycles. The van der Waals surface area contributed by atoms with Crippen LogP contribution in [0.2, 0.25) is 0 Å². The maximum atomic E-state index is 13.1. The van der Waals surface area contributed by atoms with Gasteiger partial charge in [-0.15, -0.1) is 11.3 Å². The second-order valence-corrected chi connectivity index (χ2v) is 10.5. The van der Waals surface area contributed by atoms with E-state index in [0.29, 0.717) is 5.01 Å². The van der Waals surface area contributed by atoms with Gasteiger partial charge in [-0.25, -0.2) is 15.0 Å². The van der Waals surface area contributed by atoms with Gasteiger partial charge in [0.05, 0.1) is 6.04 Å². The zero-order valence-corrected chi connectivity index (χ0v) is 22.0. The lowest BCUT2D eigenvalue weighted by Crippen LogP contribution is -2.41. The Morgan fingerprint density at radius 1 is 1.00 bits per heavy atom. The van der Waals surface area contributed by atoms with Gasteiger partial charge >= 0.3 is 0 Å². The summed E-state index contributed by atoms with van der Waals surface area (Å²) in [5.41, 5.74) is 0.329. The molecule has 3 amide bonds. The minimum atomic E-state index is -0.806. The summed E-state index contributed by atoms with van der Waals surface area (Å²) in [4.78, 5) is 52.5. The molecule has 3 N–H and O–H groups in total. The lowest BCUT2D eigenvalue weighted by atomic mass is 9.99. The second kappa shape index (κ2) is 10.4. The highest BCUT2D eigenvalue weighted by atomic mass is 32.1. The predicted octanol–water partition coefficient (Wildman–Crippen LogP) is 2.78. The Morgan fingerprint density at radius 3 is 2.42 bits per heavy atom. The number of carbonyl (C=O) groups excluding carboxylic acids is 3. The summed E-state index contributed by atoms with van der Waals surface area (Å²) in [6.45, 7) is 11.3. The van der Waals surface area contributed by atoms with Crippen molar-refractivity contribution in [3.63, 3.8) is 0 Å². The molecular weight excluding hydrogens is 484 g/mol. The number of thiazole rings is 1. The molecule has 0 radical (unpaired) electrons. The van der Waals surface area contributed by atoms with Crippen LogP contribution >= 0.6 is 11.3 Å². The summed E-state index contributed by atoms with van der Waals surface area (Å²) in [5, 5.41) is 11.1. The molecule has 2 aromatic rings. The minimum absolute atomic E-state index is 0.0502. The number of hydrogen-bond acceptors (Lipinski definition) is 9. The van der Waals surface area contributed by atoms with Crippen LogP contribution in [0.1, 0.15) is 91.9 Å². The molecule has 36 heavy (non-hydrogen) atoms. The molecule has 194 valence electrons. The van der Waals surface area contributed by atoms with Crippen molar-refractivity contribution in [1.29, 1.82) is 0 Å². The van der Waals surface area contributed by atoms with E-state index in [1.807, 2.05) is 27.7 Å². The molecule has 0 fully saturated rings. The molecule has 2 aliphatic heterocycles. The molecule has 0 unspecified atom stereocenters. The van der Waals surface area contributed by atoms with Crippen molar-refractivity contribution in [3.05, 3.63) is 33.9 Å². The Bertz CT molecular complexity index is 1170. The SMILES string of the molecule is CC[C@H](C)[C@H]1NC(=O)c2coc(n2)[C@@H](C(C)C)NC(=O)[C@H]2N=C(O[C@@H]2C)[C@H](C)NC(=O)c2csc1n2. The highest BCUT2D eigenvalue weighted by Crippen LogP contribution is 2.29. The maximum Gasteiger partial charge on any atom is 0.273 e. The number of hydrogen-bond donors (Lipinski definition) is 3. The van der Waals surface area contributed by atoms with E-state index in [9.17, 15) is 14.4 Å². The van der Waals surface area contributed by atoms with Crippen LogP contribution < -0.4 is 16.0 Å². The van der Waals surface area contributed by atoms with Gasteiger partial charge in [-0.2, -0.15) is 0 Å². The highest BCUT2D eigenvalue weighted by Gasteiger charge is 2.38. The van der Waals surface area contributed by atoms with E-state index in [1.165, 1.54) is 17.6 Å². The minimum Gasteiger partial charge on any atom is -0.474 e. The van der Waals surface area contributed by atoms with Gasteiger partial charge in [0.25, 0.3) is 11.8 Å². The average Bonchev–Trinajstić information content (AvgIpc) is 3.59. The highest BCUT2D eigenvalue weighted by molar-refractivity contribution is 7.09. The lowest BCUT2D eigenvalue weighted by molar-refractivity contribution is -0.124.